The molecule has 15 heavy (non-hydrogen) atoms. The number of halogens is 1. The quantitative estimate of drug-likeness (QED) is 0.527. The van der Waals surface area contributed by atoms with Crippen LogP contribution in [0.25, 0.3) is 0 Å². The second-order valence-electron chi connectivity index (χ2n) is 2.76. The Bertz CT molecular complexity index is 434. The molecule has 0 spiro atoms. The first-order valence-electron chi connectivity index (χ1n) is 3.53. The molecular formula is C6H7FO6P2. The molecule has 0 aromatic heterocycles. The average Bonchev–Trinajstić information content (AvgIpc) is 1.99. The van der Waals surface area contributed by atoms with Crippen molar-refractivity contribution in [3.05, 3.63) is 24.0 Å². The van der Waals surface area contributed by atoms with Crippen LogP contribution in [0.1, 0.15) is 0 Å². The van der Waals surface area contributed by atoms with Crippen LogP contribution in [0.4, 0.5) is 4.39 Å². The first kappa shape index (κ1) is 12.5. The minimum absolute atomic E-state index is 0.528. The van der Waals surface area contributed by atoms with Gasteiger partial charge in [0.25, 0.3) is 0 Å². The summed E-state index contributed by atoms with van der Waals surface area (Å²) < 4.78 is 34.3. The first-order chi connectivity index (χ1) is 6.60. The molecule has 0 saturated carbocycles. The van der Waals surface area contributed by atoms with Crippen molar-refractivity contribution in [2.24, 2.45) is 0 Å². The monoisotopic (exact) mass is 256 g/mol. The molecule has 0 atom stereocenters. The third-order valence-corrected chi connectivity index (χ3v) is 3.40. The zero-order valence-electron chi connectivity index (χ0n) is 7.11. The van der Waals surface area contributed by atoms with Crippen molar-refractivity contribution in [2.45, 2.75) is 0 Å². The molecule has 0 aliphatic rings. The van der Waals surface area contributed by atoms with Crippen molar-refractivity contribution in [1.29, 1.82) is 0 Å². The number of rotatable bonds is 2. The van der Waals surface area contributed by atoms with Crippen LogP contribution >= 0.6 is 15.2 Å². The topological polar surface area (TPSA) is 115 Å². The van der Waals surface area contributed by atoms with Gasteiger partial charge in [-0.25, -0.2) is 4.39 Å². The van der Waals surface area contributed by atoms with Gasteiger partial charge in [-0.1, -0.05) is 0 Å². The lowest BCUT2D eigenvalue weighted by Gasteiger charge is -2.08. The Labute approximate surface area is 83.7 Å². The van der Waals surface area contributed by atoms with E-state index in [1.54, 1.807) is 0 Å². The lowest BCUT2D eigenvalue weighted by molar-refractivity contribution is 0.386. The summed E-state index contributed by atoms with van der Waals surface area (Å²) in [6, 6.07) is 1.64. The fourth-order valence-electron chi connectivity index (χ4n) is 0.895. The smallest absolute Gasteiger partial charge is 0.321 e. The van der Waals surface area contributed by atoms with Crippen LogP contribution in [0.15, 0.2) is 18.2 Å². The first-order valence-corrected chi connectivity index (χ1v) is 6.76. The maximum atomic E-state index is 12.8. The molecule has 0 unspecified atom stereocenters. The average molecular weight is 256 g/mol. The molecule has 4 N–H and O–H groups in total. The summed E-state index contributed by atoms with van der Waals surface area (Å²) >= 11 is 0. The maximum absolute atomic E-state index is 12.8. The van der Waals surface area contributed by atoms with Gasteiger partial charge >= 0.3 is 15.2 Å². The highest BCUT2D eigenvalue weighted by molar-refractivity contribution is 7.61. The molecular weight excluding hydrogens is 249 g/mol. The third kappa shape index (κ3) is 3.21. The van der Waals surface area contributed by atoms with Crippen molar-refractivity contribution in [3.63, 3.8) is 0 Å². The van der Waals surface area contributed by atoms with Crippen LogP contribution in [-0.2, 0) is 9.13 Å². The van der Waals surface area contributed by atoms with Crippen LogP contribution < -0.4 is 10.6 Å². The molecule has 0 radical (unpaired) electrons. The second kappa shape index (κ2) is 3.79. The molecule has 0 aliphatic carbocycles. The molecule has 0 bridgehead atoms. The third-order valence-electron chi connectivity index (χ3n) is 1.54. The van der Waals surface area contributed by atoms with Gasteiger partial charge in [0.15, 0.2) is 0 Å². The lowest BCUT2D eigenvalue weighted by Crippen LogP contribution is -2.15. The molecule has 1 aromatic rings. The van der Waals surface area contributed by atoms with Gasteiger partial charge < -0.3 is 19.6 Å². The second-order valence-corrected chi connectivity index (χ2v) is 5.96. The fraction of sp³-hybridized carbons (Fsp3) is 0. The van der Waals surface area contributed by atoms with E-state index in [1.807, 2.05) is 0 Å². The Morgan fingerprint density at radius 2 is 1.20 bits per heavy atom. The van der Waals surface area contributed by atoms with E-state index in [1.165, 1.54) is 0 Å². The van der Waals surface area contributed by atoms with E-state index in [-0.39, 0.29) is 0 Å². The summed E-state index contributed by atoms with van der Waals surface area (Å²) in [6.07, 6.45) is 0. The van der Waals surface area contributed by atoms with E-state index in [0.29, 0.717) is 18.2 Å². The summed E-state index contributed by atoms with van der Waals surface area (Å²) in [4.78, 5) is 34.8. The van der Waals surface area contributed by atoms with E-state index in [0.717, 1.165) is 0 Å². The molecule has 84 valence electrons. The molecule has 0 aliphatic heterocycles. The van der Waals surface area contributed by atoms with Crippen LogP contribution in [0.2, 0.25) is 0 Å². The Morgan fingerprint density at radius 1 is 0.867 bits per heavy atom. The van der Waals surface area contributed by atoms with Crippen LogP contribution in [-0.4, -0.2) is 19.6 Å². The van der Waals surface area contributed by atoms with Gasteiger partial charge in [0.05, 0.1) is 10.6 Å². The van der Waals surface area contributed by atoms with E-state index in [2.05, 4.69) is 0 Å². The van der Waals surface area contributed by atoms with E-state index >= 15 is 0 Å². The fourth-order valence-corrected chi connectivity index (χ4v) is 2.19. The molecule has 1 rings (SSSR count). The molecule has 0 saturated heterocycles. The number of hydrogen-bond acceptors (Lipinski definition) is 2. The normalized spacial score (nSPS) is 12.9. The zero-order valence-corrected chi connectivity index (χ0v) is 8.90. The van der Waals surface area contributed by atoms with Gasteiger partial charge in [0.2, 0.25) is 0 Å². The highest BCUT2D eigenvalue weighted by Gasteiger charge is 2.24. The summed E-state index contributed by atoms with van der Waals surface area (Å²) in [5, 5.41) is -1.53. The van der Waals surface area contributed by atoms with Gasteiger partial charge in [0.1, 0.15) is 5.82 Å². The molecule has 6 nitrogen and oxygen atoms in total. The molecule has 0 heterocycles. The summed E-state index contributed by atoms with van der Waals surface area (Å²) in [5.41, 5.74) is 0. The van der Waals surface area contributed by atoms with E-state index in [9.17, 15) is 13.5 Å². The number of benzene rings is 1. The van der Waals surface area contributed by atoms with Gasteiger partial charge in [-0.05, 0) is 18.2 Å². The van der Waals surface area contributed by atoms with Crippen LogP contribution in [0.3, 0.4) is 0 Å². The summed E-state index contributed by atoms with van der Waals surface area (Å²) in [6.45, 7) is 0. The van der Waals surface area contributed by atoms with Crippen molar-refractivity contribution in [1.82, 2.24) is 0 Å². The van der Waals surface area contributed by atoms with Crippen LogP contribution in [0, 0.1) is 5.82 Å². The largest absolute Gasteiger partial charge is 0.356 e. The predicted octanol–water partition coefficient (Wildman–Crippen LogP) is -0.568. The molecule has 9 heteroatoms. The number of hydrogen-bond donors (Lipinski definition) is 4. The maximum Gasteiger partial charge on any atom is 0.356 e. The molecule has 1 aromatic carbocycles. The van der Waals surface area contributed by atoms with Gasteiger partial charge in [-0.2, -0.15) is 0 Å². The SMILES string of the molecule is O=P(O)(O)c1cc(F)cc(P(=O)(O)O)c1. The van der Waals surface area contributed by atoms with Crippen LogP contribution in [0.5, 0.6) is 0 Å². The Hall–Kier alpha value is -0.550. The lowest BCUT2D eigenvalue weighted by atomic mass is 10.3. The van der Waals surface area contributed by atoms with Crippen molar-refractivity contribution in [3.8, 4) is 0 Å². The Morgan fingerprint density at radius 3 is 1.47 bits per heavy atom. The van der Waals surface area contributed by atoms with E-state index < -0.39 is 31.6 Å². The molecule has 0 amide bonds. The minimum atomic E-state index is -4.72. The van der Waals surface area contributed by atoms with Crippen molar-refractivity contribution < 1.29 is 33.1 Å². The molecule has 0 fully saturated rings. The minimum Gasteiger partial charge on any atom is -0.321 e. The van der Waals surface area contributed by atoms with Gasteiger partial charge in [-0.15, -0.1) is 0 Å². The standard InChI is InChI=1S/C6H7FO6P2/c7-4-1-5(14(8,9)10)3-6(2-4)15(11,12)13/h1-3H,(H2,8,9,10)(H2,11,12,13). The van der Waals surface area contributed by atoms with Gasteiger partial charge in [-0.3, -0.25) is 9.13 Å². The highest BCUT2D eigenvalue weighted by atomic mass is 31.2. The zero-order chi connectivity index (χ0) is 11.9. The Balaban J connectivity index is 3.43. The van der Waals surface area contributed by atoms with Crippen molar-refractivity contribution in [2.75, 3.05) is 0 Å². The highest BCUT2D eigenvalue weighted by Crippen LogP contribution is 2.37. The Kier molecular flexibility index (Phi) is 3.16. The van der Waals surface area contributed by atoms with E-state index in [4.69, 9.17) is 19.6 Å². The predicted molar refractivity (Wildman–Crippen MR) is 49.8 cm³/mol. The van der Waals surface area contributed by atoms with Crippen molar-refractivity contribution >= 4 is 25.8 Å². The van der Waals surface area contributed by atoms with Gasteiger partial charge in [0, 0.05) is 0 Å². The summed E-state index contributed by atoms with van der Waals surface area (Å²) in [7, 11) is -9.45. The summed E-state index contributed by atoms with van der Waals surface area (Å²) in [5.74, 6) is -1.12.